The number of hydrogen-bond acceptors (Lipinski definition) is 4. The summed E-state index contributed by atoms with van der Waals surface area (Å²) in [6.07, 6.45) is 9.43. The van der Waals surface area contributed by atoms with Crippen LogP contribution >= 0.6 is 0 Å². The maximum absolute atomic E-state index is 5.97. The van der Waals surface area contributed by atoms with Crippen LogP contribution in [0.3, 0.4) is 0 Å². The van der Waals surface area contributed by atoms with E-state index >= 15 is 0 Å². The van der Waals surface area contributed by atoms with Crippen LogP contribution in [0.5, 0.6) is 0 Å². The molecule has 2 aliphatic carbocycles. The highest BCUT2D eigenvalue weighted by Crippen LogP contribution is 2.38. The van der Waals surface area contributed by atoms with Crippen LogP contribution in [-0.4, -0.2) is 16.2 Å². The molecule has 0 spiro atoms. The standard InChI is InChI=1S/C17H29N3O/c1-11(2)12-3-5-13(6-4-12)16-19-17(21-20-16)14-7-9-15(18)10-8-14/h11-15H,3-10,18H2,1-2H3. The van der Waals surface area contributed by atoms with E-state index in [1.165, 1.54) is 25.7 Å². The molecule has 0 unspecified atom stereocenters. The molecule has 3 rings (SSSR count). The lowest BCUT2D eigenvalue weighted by Crippen LogP contribution is -2.25. The van der Waals surface area contributed by atoms with Crippen molar-refractivity contribution in [1.82, 2.24) is 10.1 Å². The van der Waals surface area contributed by atoms with E-state index < -0.39 is 0 Å². The Morgan fingerprint density at radius 3 is 2.19 bits per heavy atom. The Hall–Kier alpha value is -0.900. The highest BCUT2D eigenvalue weighted by atomic mass is 16.5. The van der Waals surface area contributed by atoms with Gasteiger partial charge in [0.15, 0.2) is 5.82 Å². The lowest BCUT2D eigenvalue weighted by atomic mass is 9.77. The van der Waals surface area contributed by atoms with Gasteiger partial charge in [0.25, 0.3) is 0 Å². The Morgan fingerprint density at radius 1 is 0.952 bits per heavy atom. The molecule has 4 heteroatoms. The first-order chi connectivity index (χ1) is 10.1. The normalized spacial score (nSPS) is 34.3. The lowest BCUT2D eigenvalue weighted by molar-refractivity contribution is 0.250. The molecule has 4 nitrogen and oxygen atoms in total. The van der Waals surface area contributed by atoms with Gasteiger partial charge in [-0.1, -0.05) is 19.0 Å². The Morgan fingerprint density at radius 2 is 1.57 bits per heavy atom. The van der Waals surface area contributed by atoms with E-state index in [9.17, 15) is 0 Å². The molecule has 1 heterocycles. The van der Waals surface area contributed by atoms with E-state index in [0.29, 0.717) is 17.9 Å². The highest BCUT2D eigenvalue weighted by molar-refractivity contribution is 5.02. The van der Waals surface area contributed by atoms with E-state index in [1.807, 2.05) is 0 Å². The molecule has 0 radical (unpaired) electrons. The molecule has 0 aliphatic heterocycles. The Bertz CT molecular complexity index is 441. The molecule has 0 aromatic carbocycles. The van der Waals surface area contributed by atoms with Crippen LogP contribution in [0.4, 0.5) is 0 Å². The first-order valence-corrected chi connectivity index (χ1v) is 8.72. The molecule has 118 valence electrons. The van der Waals surface area contributed by atoms with Crippen LogP contribution in [0.15, 0.2) is 4.52 Å². The van der Waals surface area contributed by atoms with Crippen molar-refractivity contribution >= 4 is 0 Å². The zero-order valence-corrected chi connectivity index (χ0v) is 13.4. The van der Waals surface area contributed by atoms with Crippen LogP contribution in [0.25, 0.3) is 0 Å². The summed E-state index contributed by atoms with van der Waals surface area (Å²) in [7, 11) is 0. The Balaban J connectivity index is 1.58. The van der Waals surface area contributed by atoms with Gasteiger partial charge < -0.3 is 10.3 Å². The van der Waals surface area contributed by atoms with Crippen molar-refractivity contribution in [3.8, 4) is 0 Å². The molecule has 0 bridgehead atoms. The van der Waals surface area contributed by atoms with Gasteiger partial charge in [-0.3, -0.25) is 0 Å². The number of hydrogen-bond donors (Lipinski definition) is 1. The van der Waals surface area contributed by atoms with Crippen LogP contribution in [-0.2, 0) is 0 Å². The zero-order chi connectivity index (χ0) is 14.8. The van der Waals surface area contributed by atoms with Gasteiger partial charge in [0, 0.05) is 17.9 Å². The van der Waals surface area contributed by atoms with Crippen molar-refractivity contribution in [3.05, 3.63) is 11.7 Å². The maximum atomic E-state index is 5.97. The number of aromatic nitrogens is 2. The molecular weight excluding hydrogens is 262 g/mol. The Kier molecular flexibility index (Phi) is 4.63. The average Bonchev–Trinajstić information content (AvgIpc) is 2.98. The minimum absolute atomic E-state index is 0.370. The largest absolute Gasteiger partial charge is 0.339 e. The molecule has 2 aliphatic rings. The SMILES string of the molecule is CC(C)C1CCC(c2noc(C3CCC(N)CC3)n2)CC1. The Labute approximate surface area is 127 Å². The van der Waals surface area contributed by atoms with Crippen LogP contribution in [0.1, 0.15) is 88.8 Å². The van der Waals surface area contributed by atoms with Gasteiger partial charge in [0.2, 0.25) is 5.89 Å². The molecule has 0 saturated heterocycles. The third kappa shape index (κ3) is 3.47. The predicted molar refractivity (Wildman–Crippen MR) is 83.0 cm³/mol. The number of nitrogens with zero attached hydrogens (tertiary/aromatic N) is 2. The summed E-state index contributed by atoms with van der Waals surface area (Å²) in [5.74, 6) is 4.47. The smallest absolute Gasteiger partial charge is 0.229 e. The van der Waals surface area contributed by atoms with Crippen LogP contribution in [0, 0.1) is 11.8 Å². The number of rotatable bonds is 3. The molecule has 2 fully saturated rings. The van der Waals surface area contributed by atoms with E-state index in [2.05, 4.69) is 19.0 Å². The predicted octanol–water partition coefficient (Wildman–Crippen LogP) is 3.98. The van der Waals surface area contributed by atoms with Gasteiger partial charge >= 0.3 is 0 Å². The monoisotopic (exact) mass is 291 g/mol. The van der Waals surface area contributed by atoms with Crippen molar-refractivity contribution in [2.45, 2.75) is 83.1 Å². The molecule has 0 amide bonds. The summed E-state index contributed by atoms with van der Waals surface area (Å²) in [6.45, 7) is 4.68. The summed E-state index contributed by atoms with van der Waals surface area (Å²) in [5.41, 5.74) is 5.97. The van der Waals surface area contributed by atoms with E-state index in [-0.39, 0.29) is 0 Å². The summed E-state index contributed by atoms with van der Waals surface area (Å²) < 4.78 is 5.56. The van der Waals surface area contributed by atoms with E-state index in [1.54, 1.807) is 0 Å². The topological polar surface area (TPSA) is 64.9 Å². The number of nitrogens with two attached hydrogens (primary N) is 1. The van der Waals surface area contributed by atoms with Crippen molar-refractivity contribution in [2.24, 2.45) is 17.6 Å². The van der Waals surface area contributed by atoms with Gasteiger partial charge in [-0.05, 0) is 63.2 Å². The van der Waals surface area contributed by atoms with E-state index in [0.717, 1.165) is 49.2 Å². The molecule has 21 heavy (non-hydrogen) atoms. The average molecular weight is 291 g/mol. The fourth-order valence-electron chi connectivity index (χ4n) is 3.99. The maximum Gasteiger partial charge on any atom is 0.229 e. The molecule has 1 aromatic heterocycles. The van der Waals surface area contributed by atoms with Gasteiger partial charge in [-0.2, -0.15) is 4.98 Å². The quantitative estimate of drug-likeness (QED) is 0.914. The van der Waals surface area contributed by atoms with Gasteiger partial charge in [-0.15, -0.1) is 0 Å². The molecule has 2 N–H and O–H groups in total. The zero-order valence-electron chi connectivity index (χ0n) is 13.4. The molecular formula is C17H29N3O. The first-order valence-electron chi connectivity index (χ1n) is 8.72. The van der Waals surface area contributed by atoms with Gasteiger partial charge in [0.05, 0.1) is 0 Å². The summed E-state index contributed by atoms with van der Waals surface area (Å²) in [4.78, 5) is 4.73. The summed E-state index contributed by atoms with van der Waals surface area (Å²) in [6, 6.07) is 0.370. The second-order valence-electron chi connectivity index (χ2n) is 7.46. The van der Waals surface area contributed by atoms with Crippen molar-refractivity contribution < 1.29 is 4.52 Å². The fraction of sp³-hybridized carbons (Fsp3) is 0.882. The lowest BCUT2D eigenvalue weighted by Gasteiger charge is -2.29. The highest BCUT2D eigenvalue weighted by Gasteiger charge is 2.29. The van der Waals surface area contributed by atoms with Crippen molar-refractivity contribution in [2.75, 3.05) is 0 Å². The van der Waals surface area contributed by atoms with Crippen molar-refractivity contribution in [1.29, 1.82) is 0 Å². The summed E-state index contributed by atoms with van der Waals surface area (Å²) >= 11 is 0. The first kappa shape index (κ1) is 15.0. The molecule has 0 atom stereocenters. The van der Waals surface area contributed by atoms with Crippen LogP contribution < -0.4 is 5.73 Å². The van der Waals surface area contributed by atoms with Gasteiger partial charge in [-0.25, -0.2) is 0 Å². The van der Waals surface area contributed by atoms with Crippen LogP contribution in [0.2, 0.25) is 0 Å². The minimum Gasteiger partial charge on any atom is -0.339 e. The summed E-state index contributed by atoms with van der Waals surface area (Å²) in [5, 5.41) is 4.29. The van der Waals surface area contributed by atoms with Gasteiger partial charge in [0.1, 0.15) is 0 Å². The second kappa shape index (κ2) is 6.47. The van der Waals surface area contributed by atoms with Crippen molar-refractivity contribution in [3.63, 3.8) is 0 Å². The van der Waals surface area contributed by atoms with E-state index in [4.69, 9.17) is 15.2 Å². The minimum atomic E-state index is 0.370. The third-order valence-corrected chi connectivity index (χ3v) is 5.66. The molecule has 2 saturated carbocycles. The second-order valence-corrected chi connectivity index (χ2v) is 7.46. The third-order valence-electron chi connectivity index (χ3n) is 5.66. The molecule has 1 aromatic rings. The fourth-order valence-corrected chi connectivity index (χ4v) is 3.99.